The molecule has 1 atom stereocenters. The van der Waals surface area contributed by atoms with Crippen LogP contribution in [0, 0.1) is 0 Å². The van der Waals surface area contributed by atoms with Crippen molar-refractivity contribution in [2.75, 3.05) is 19.7 Å². The number of nitrogens with one attached hydrogen (secondary N) is 1. The fraction of sp³-hybridized carbons (Fsp3) is 0.579. The number of benzene rings is 1. The first-order valence-corrected chi connectivity index (χ1v) is 8.81. The molecule has 1 aliphatic heterocycles. The van der Waals surface area contributed by atoms with Gasteiger partial charge >= 0.3 is 12.2 Å². The molecule has 1 heterocycles. The number of alkyl carbamates (subject to hydrolysis) is 1. The first-order valence-electron chi connectivity index (χ1n) is 8.81. The van der Waals surface area contributed by atoms with E-state index in [1.165, 1.54) is 4.90 Å². The number of likely N-dealkylation sites (tertiary alicyclic amines) is 1. The van der Waals surface area contributed by atoms with Crippen LogP contribution in [-0.4, -0.2) is 53.0 Å². The van der Waals surface area contributed by atoms with Crippen LogP contribution in [0.25, 0.3) is 0 Å². The highest BCUT2D eigenvalue weighted by molar-refractivity contribution is 5.70. The van der Waals surface area contributed by atoms with Gasteiger partial charge in [0, 0.05) is 13.1 Å². The Morgan fingerprint density at radius 3 is 2.58 bits per heavy atom. The number of ether oxygens (including phenoxy) is 2. The Morgan fingerprint density at radius 1 is 1.27 bits per heavy atom. The molecule has 1 aromatic carbocycles. The topological polar surface area (TPSA) is 88.1 Å². The maximum atomic E-state index is 12.3. The van der Waals surface area contributed by atoms with Crippen molar-refractivity contribution in [1.82, 2.24) is 10.2 Å². The lowest BCUT2D eigenvalue weighted by atomic mass is 9.90. The lowest BCUT2D eigenvalue weighted by Gasteiger charge is -2.42. The third kappa shape index (κ3) is 5.91. The number of hydrogen-bond acceptors (Lipinski definition) is 5. The molecule has 7 nitrogen and oxygen atoms in total. The third-order valence-electron chi connectivity index (χ3n) is 4.11. The van der Waals surface area contributed by atoms with E-state index in [1.807, 2.05) is 30.3 Å². The second kappa shape index (κ2) is 8.40. The van der Waals surface area contributed by atoms with E-state index in [1.54, 1.807) is 20.8 Å². The monoisotopic (exact) mass is 364 g/mol. The summed E-state index contributed by atoms with van der Waals surface area (Å²) in [6.45, 7) is 5.96. The molecule has 2 rings (SSSR count). The highest BCUT2D eigenvalue weighted by Gasteiger charge is 2.39. The van der Waals surface area contributed by atoms with Crippen molar-refractivity contribution in [1.29, 1.82) is 0 Å². The predicted octanol–water partition coefficient (Wildman–Crippen LogP) is 2.67. The number of nitrogens with zero attached hydrogens (tertiary/aromatic N) is 1. The quantitative estimate of drug-likeness (QED) is 0.858. The first kappa shape index (κ1) is 20.0. The maximum absolute atomic E-state index is 12.3. The molecule has 1 unspecified atom stereocenters. The molecule has 7 heteroatoms. The van der Waals surface area contributed by atoms with Gasteiger partial charge in [0.2, 0.25) is 0 Å². The van der Waals surface area contributed by atoms with Crippen molar-refractivity contribution < 1.29 is 24.2 Å². The van der Waals surface area contributed by atoms with E-state index in [9.17, 15) is 14.7 Å². The molecule has 0 aliphatic carbocycles. The molecule has 1 aliphatic rings. The van der Waals surface area contributed by atoms with E-state index in [4.69, 9.17) is 9.47 Å². The van der Waals surface area contributed by atoms with Gasteiger partial charge in [-0.25, -0.2) is 9.59 Å². The SMILES string of the molecule is CC(C)(C)OC(=O)N1CCCC(CO)(NC(=O)OCc2ccccc2)C1. The maximum Gasteiger partial charge on any atom is 0.410 e. The zero-order valence-corrected chi connectivity index (χ0v) is 15.7. The molecule has 1 saturated heterocycles. The van der Waals surface area contributed by atoms with Crippen LogP contribution in [0.5, 0.6) is 0 Å². The molecule has 0 spiro atoms. The van der Waals surface area contributed by atoms with Gasteiger partial charge in [-0.05, 0) is 39.2 Å². The molecule has 144 valence electrons. The van der Waals surface area contributed by atoms with Gasteiger partial charge in [0.05, 0.1) is 12.1 Å². The highest BCUT2D eigenvalue weighted by atomic mass is 16.6. The Labute approximate surface area is 154 Å². The van der Waals surface area contributed by atoms with Gasteiger partial charge in [-0.15, -0.1) is 0 Å². The lowest BCUT2D eigenvalue weighted by molar-refractivity contribution is 0.00283. The second-order valence-corrected chi connectivity index (χ2v) is 7.63. The minimum absolute atomic E-state index is 0.143. The summed E-state index contributed by atoms with van der Waals surface area (Å²) in [7, 11) is 0. The Bertz CT molecular complexity index is 614. The van der Waals surface area contributed by atoms with Crippen molar-refractivity contribution >= 4 is 12.2 Å². The Balaban J connectivity index is 1.93. The first-order chi connectivity index (χ1) is 12.2. The van der Waals surface area contributed by atoms with Crippen molar-refractivity contribution in [3.05, 3.63) is 35.9 Å². The third-order valence-corrected chi connectivity index (χ3v) is 4.11. The summed E-state index contributed by atoms with van der Waals surface area (Å²) in [5.74, 6) is 0. The molecular formula is C19H28N2O5. The van der Waals surface area contributed by atoms with E-state index in [0.29, 0.717) is 19.4 Å². The zero-order chi connectivity index (χ0) is 19.2. The average Bonchev–Trinajstić information content (AvgIpc) is 2.59. The molecule has 26 heavy (non-hydrogen) atoms. The fourth-order valence-electron chi connectivity index (χ4n) is 2.86. The molecular weight excluding hydrogens is 336 g/mol. The zero-order valence-electron chi connectivity index (χ0n) is 15.7. The number of piperidine rings is 1. The van der Waals surface area contributed by atoms with Gasteiger partial charge in [0.15, 0.2) is 0 Å². The minimum atomic E-state index is -0.928. The van der Waals surface area contributed by atoms with Crippen LogP contribution in [-0.2, 0) is 16.1 Å². The Morgan fingerprint density at radius 2 is 1.96 bits per heavy atom. The standard InChI is InChI=1S/C19H28N2O5/c1-18(2,3)26-17(24)21-11-7-10-19(13-21,14-22)20-16(23)25-12-15-8-5-4-6-9-15/h4-6,8-9,22H,7,10-14H2,1-3H3,(H,20,23). The van der Waals surface area contributed by atoms with Crippen LogP contribution >= 0.6 is 0 Å². The smallest absolute Gasteiger partial charge is 0.410 e. The molecule has 1 fully saturated rings. The second-order valence-electron chi connectivity index (χ2n) is 7.63. The van der Waals surface area contributed by atoms with E-state index < -0.39 is 23.3 Å². The van der Waals surface area contributed by atoms with Crippen LogP contribution in [0.4, 0.5) is 9.59 Å². The number of rotatable bonds is 4. The number of aliphatic hydroxyl groups is 1. The summed E-state index contributed by atoms with van der Waals surface area (Å²) in [6.07, 6.45) is 0.144. The number of aliphatic hydroxyl groups excluding tert-OH is 1. The molecule has 0 bridgehead atoms. The van der Waals surface area contributed by atoms with E-state index in [2.05, 4.69) is 5.32 Å². The summed E-state index contributed by atoms with van der Waals surface area (Å²) in [5, 5.41) is 12.6. The lowest BCUT2D eigenvalue weighted by Crippen LogP contribution is -2.62. The molecule has 2 N–H and O–H groups in total. The summed E-state index contributed by atoms with van der Waals surface area (Å²) in [4.78, 5) is 26.0. The predicted molar refractivity (Wildman–Crippen MR) is 96.6 cm³/mol. The number of carbonyl (C=O) groups is 2. The largest absolute Gasteiger partial charge is 0.445 e. The van der Waals surface area contributed by atoms with Crippen molar-refractivity contribution in [2.45, 2.75) is 51.4 Å². The normalized spacial score (nSPS) is 20.4. The minimum Gasteiger partial charge on any atom is -0.445 e. The van der Waals surface area contributed by atoms with Crippen molar-refractivity contribution in [2.24, 2.45) is 0 Å². The number of carbonyl (C=O) groups excluding carboxylic acids is 2. The Kier molecular flexibility index (Phi) is 6.47. The molecule has 2 amide bonds. The molecule has 0 saturated carbocycles. The molecule has 1 aromatic rings. The van der Waals surface area contributed by atoms with Crippen LogP contribution in [0.2, 0.25) is 0 Å². The van der Waals surface area contributed by atoms with Crippen LogP contribution < -0.4 is 5.32 Å². The van der Waals surface area contributed by atoms with Gasteiger partial charge in [-0.3, -0.25) is 0 Å². The molecule has 0 aromatic heterocycles. The van der Waals surface area contributed by atoms with Gasteiger partial charge < -0.3 is 24.8 Å². The van der Waals surface area contributed by atoms with Gasteiger partial charge in [-0.2, -0.15) is 0 Å². The summed E-state index contributed by atoms with van der Waals surface area (Å²) < 4.78 is 10.6. The van der Waals surface area contributed by atoms with Gasteiger partial charge in [0.25, 0.3) is 0 Å². The fourth-order valence-corrected chi connectivity index (χ4v) is 2.86. The molecule has 0 radical (unpaired) electrons. The number of hydrogen-bond donors (Lipinski definition) is 2. The summed E-state index contributed by atoms with van der Waals surface area (Å²) >= 11 is 0. The van der Waals surface area contributed by atoms with Crippen molar-refractivity contribution in [3.8, 4) is 0 Å². The van der Waals surface area contributed by atoms with Crippen LogP contribution in [0.15, 0.2) is 30.3 Å². The van der Waals surface area contributed by atoms with E-state index in [-0.39, 0.29) is 19.8 Å². The summed E-state index contributed by atoms with van der Waals surface area (Å²) in [6, 6.07) is 9.34. The van der Waals surface area contributed by atoms with E-state index >= 15 is 0 Å². The van der Waals surface area contributed by atoms with Gasteiger partial charge in [0.1, 0.15) is 12.2 Å². The average molecular weight is 364 g/mol. The van der Waals surface area contributed by atoms with Gasteiger partial charge in [-0.1, -0.05) is 30.3 Å². The van der Waals surface area contributed by atoms with Crippen LogP contribution in [0.1, 0.15) is 39.2 Å². The summed E-state index contributed by atoms with van der Waals surface area (Å²) in [5.41, 5.74) is -0.652. The highest BCUT2D eigenvalue weighted by Crippen LogP contribution is 2.23. The Hall–Kier alpha value is -2.28. The van der Waals surface area contributed by atoms with Crippen molar-refractivity contribution in [3.63, 3.8) is 0 Å². The number of amides is 2. The van der Waals surface area contributed by atoms with Crippen LogP contribution in [0.3, 0.4) is 0 Å². The van der Waals surface area contributed by atoms with E-state index in [0.717, 1.165) is 5.56 Å².